The molecule has 0 bridgehead atoms. The third-order valence-electron chi connectivity index (χ3n) is 4.68. The molecule has 3 aromatic rings. The van der Waals surface area contributed by atoms with Crippen LogP contribution in [0, 0.1) is 0 Å². The molecule has 2 aromatic heterocycles. The number of fused-ring (bicyclic) bond motifs is 1. The van der Waals surface area contributed by atoms with Crippen LogP contribution in [0.15, 0.2) is 36.7 Å². The number of aromatic nitrogens is 4. The lowest BCUT2D eigenvalue weighted by atomic mass is 10.1. The quantitative estimate of drug-likeness (QED) is 0.481. The second-order valence-electron chi connectivity index (χ2n) is 6.61. The lowest BCUT2D eigenvalue weighted by Gasteiger charge is -2.15. The van der Waals surface area contributed by atoms with Crippen LogP contribution in [-0.4, -0.2) is 60.7 Å². The summed E-state index contributed by atoms with van der Waals surface area (Å²) in [5.41, 5.74) is 6.98. The molecule has 5 N–H and O–H groups in total. The van der Waals surface area contributed by atoms with Gasteiger partial charge in [0.05, 0.1) is 18.0 Å². The van der Waals surface area contributed by atoms with Crippen molar-refractivity contribution in [1.29, 1.82) is 0 Å². The normalized spacial score (nSPS) is 24.5. The molecule has 4 atom stereocenters. The number of aliphatic hydroxyl groups is 2. The van der Waals surface area contributed by atoms with Crippen LogP contribution in [0.3, 0.4) is 0 Å². The van der Waals surface area contributed by atoms with Crippen molar-refractivity contribution < 1.29 is 19.7 Å². The minimum absolute atomic E-state index is 0.107. The summed E-state index contributed by atoms with van der Waals surface area (Å²) in [5, 5.41) is 28.6. The highest BCUT2D eigenvalue weighted by Gasteiger charge is 2.43. The number of nitrogens with zero attached hydrogens (tertiary/aromatic N) is 4. The predicted octanol–water partition coefficient (Wildman–Crippen LogP) is 0.0296. The predicted molar refractivity (Wildman–Crippen MR) is 100 cm³/mol. The minimum Gasteiger partial charge on any atom is -0.388 e. The third-order valence-corrected chi connectivity index (χ3v) is 4.68. The van der Waals surface area contributed by atoms with E-state index in [1.54, 1.807) is 6.92 Å². The highest BCUT2D eigenvalue weighted by atomic mass is 16.6. The van der Waals surface area contributed by atoms with Crippen LogP contribution in [0.5, 0.6) is 0 Å². The Labute approximate surface area is 160 Å². The molecule has 0 aliphatic carbocycles. The standard InChI is InChI=1S/C18H20N6O4/c1-9-14(26)15(27)18(28-9)24-17-12(13(23-24)10-5-3-2-4-6-10)16(21-8-22-17)20-7-11(19)25/h2-6,8-9,14-15,18,26-27H,7H2,1H3,(H2,19,25)(H,20,21,22)/t9-,14-,15-,18-/m1/s1. The van der Waals surface area contributed by atoms with Crippen molar-refractivity contribution in [2.75, 3.05) is 11.9 Å². The molecule has 10 nitrogen and oxygen atoms in total. The Bertz CT molecular complexity index is 1010. The number of primary amides is 1. The van der Waals surface area contributed by atoms with Gasteiger partial charge < -0.3 is 26.0 Å². The molecule has 28 heavy (non-hydrogen) atoms. The molecule has 1 fully saturated rings. The van der Waals surface area contributed by atoms with Crippen molar-refractivity contribution in [3.63, 3.8) is 0 Å². The Morgan fingerprint density at radius 2 is 2.00 bits per heavy atom. The zero-order valence-electron chi connectivity index (χ0n) is 15.1. The van der Waals surface area contributed by atoms with Gasteiger partial charge in [-0.2, -0.15) is 5.10 Å². The second kappa shape index (κ2) is 7.15. The molecule has 10 heteroatoms. The maximum absolute atomic E-state index is 11.2. The van der Waals surface area contributed by atoms with E-state index in [2.05, 4.69) is 20.4 Å². The smallest absolute Gasteiger partial charge is 0.236 e. The van der Waals surface area contributed by atoms with Gasteiger partial charge in [0, 0.05) is 5.56 Å². The summed E-state index contributed by atoms with van der Waals surface area (Å²) in [5.74, 6) is -0.151. The van der Waals surface area contributed by atoms with Gasteiger partial charge in [0.25, 0.3) is 0 Å². The number of nitrogens with one attached hydrogen (secondary N) is 1. The van der Waals surface area contributed by atoms with Crippen LogP contribution in [0.1, 0.15) is 13.2 Å². The first kappa shape index (κ1) is 18.3. The number of amides is 1. The van der Waals surface area contributed by atoms with E-state index < -0.39 is 30.4 Å². The average molecular weight is 384 g/mol. The molecular formula is C18H20N6O4. The Morgan fingerprint density at radius 1 is 1.25 bits per heavy atom. The Balaban J connectivity index is 1.90. The summed E-state index contributed by atoms with van der Waals surface area (Å²) in [6.45, 7) is 1.57. The van der Waals surface area contributed by atoms with Crippen molar-refractivity contribution in [3.05, 3.63) is 36.7 Å². The molecule has 4 rings (SSSR count). The lowest BCUT2D eigenvalue weighted by Crippen LogP contribution is -2.30. The van der Waals surface area contributed by atoms with Crippen molar-refractivity contribution in [1.82, 2.24) is 19.7 Å². The molecule has 1 saturated heterocycles. The van der Waals surface area contributed by atoms with Gasteiger partial charge in [-0.25, -0.2) is 14.6 Å². The maximum Gasteiger partial charge on any atom is 0.236 e. The third kappa shape index (κ3) is 3.07. The number of carbonyl (C=O) groups is 1. The topological polar surface area (TPSA) is 148 Å². The van der Waals surface area contributed by atoms with Crippen molar-refractivity contribution in [3.8, 4) is 11.3 Å². The van der Waals surface area contributed by atoms with Crippen LogP contribution < -0.4 is 11.1 Å². The van der Waals surface area contributed by atoms with Crippen LogP contribution in [0.4, 0.5) is 5.82 Å². The first-order chi connectivity index (χ1) is 13.5. The first-order valence-electron chi connectivity index (χ1n) is 8.79. The SMILES string of the molecule is C[C@H]1O[C@@H](n2nc(-c3ccccc3)c3c(NCC(N)=O)ncnc32)[C@H](O)[C@@H]1O. The van der Waals surface area contributed by atoms with Gasteiger partial charge in [-0.1, -0.05) is 30.3 Å². The number of hydrogen-bond donors (Lipinski definition) is 4. The Hall–Kier alpha value is -3.08. The lowest BCUT2D eigenvalue weighted by molar-refractivity contribution is -0.116. The highest BCUT2D eigenvalue weighted by molar-refractivity contribution is 5.99. The molecule has 0 spiro atoms. The number of nitrogens with two attached hydrogens (primary N) is 1. The Morgan fingerprint density at radius 3 is 2.64 bits per heavy atom. The first-order valence-corrected chi connectivity index (χ1v) is 8.79. The number of aliphatic hydroxyl groups excluding tert-OH is 2. The Kier molecular flexibility index (Phi) is 4.67. The molecule has 0 unspecified atom stereocenters. The molecule has 1 aliphatic rings. The van der Waals surface area contributed by atoms with Crippen molar-refractivity contribution in [2.24, 2.45) is 5.73 Å². The number of benzene rings is 1. The van der Waals surface area contributed by atoms with E-state index in [4.69, 9.17) is 10.5 Å². The summed E-state index contributed by atoms with van der Waals surface area (Å²) < 4.78 is 7.15. The summed E-state index contributed by atoms with van der Waals surface area (Å²) in [7, 11) is 0. The van der Waals surface area contributed by atoms with Gasteiger partial charge in [0.15, 0.2) is 11.9 Å². The number of hydrogen-bond acceptors (Lipinski definition) is 8. The van der Waals surface area contributed by atoms with Crippen LogP contribution in [-0.2, 0) is 9.53 Å². The molecule has 0 radical (unpaired) electrons. The number of carbonyl (C=O) groups excluding carboxylic acids is 1. The van der Waals surface area contributed by atoms with E-state index >= 15 is 0 Å². The van der Waals surface area contributed by atoms with Gasteiger partial charge in [-0.15, -0.1) is 0 Å². The van der Waals surface area contributed by atoms with Gasteiger partial charge in [0.2, 0.25) is 5.91 Å². The molecule has 146 valence electrons. The fourth-order valence-electron chi connectivity index (χ4n) is 3.28. The molecule has 3 heterocycles. The summed E-state index contributed by atoms with van der Waals surface area (Å²) in [6, 6.07) is 9.37. The molecule has 0 saturated carbocycles. The zero-order chi connectivity index (χ0) is 19.8. The number of anilines is 1. The fourth-order valence-corrected chi connectivity index (χ4v) is 3.28. The molecule has 1 aliphatic heterocycles. The summed E-state index contributed by atoms with van der Waals surface area (Å²) in [6.07, 6.45) is -2.37. The van der Waals surface area contributed by atoms with E-state index in [1.807, 2.05) is 30.3 Å². The van der Waals surface area contributed by atoms with Crippen LogP contribution >= 0.6 is 0 Å². The minimum atomic E-state index is -1.17. The van der Waals surface area contributed by atoms with E-state index in [1.165, 1.54) is 11.0 Å². The fraction of sp³-hybridized carbons (Fsp3) is 0.333. The van der Waals surface area contributed by atoms with Gasteiger partial charge in [-0.3, -0.25) is 4.79 Å². The van der Waals surface area contributed by atoms with E-state index in [0.29, 0.717) is 22.5 Å². The summed E-state index contributed by atoms with van der Waals surface area (Å²) >= 11 is 0. The second-order valence-corrected chi connectivity index (χ2v) is 6.61. The summed E-state index contributed by atoms with van der Waals surface area (Å²) in [4.78, 5) is 19.7. The molecule has 1 amide bonds. The molecular weight excluding hydrogens is 364 g/mol. The van der Waals surface area contributed by atoms with E-state index in [0.717, 1.165) is 5.56 Å². The number of rotatable bonds is 5. The number of ether oxygens (including phenoxy) is 1. The van der Waals surface area contributed by atoms with Crippen LogP contribution in [0.25, 0.3) is 22.3 Å². The average Bonchev–Trinajstić information content (AvgIpc) is 3.20. The van der Waals surface area contributed by atoms with E-state index in [-0.39, 0.29) is 6.54 Å². The maximum atomic E-state index is 11.2. The van der Waals surface area contributed by atoms with Gasteiger partial charge >= 0.3 is 0 Å². The van der Waals surface area contributed by atoms with E-state index in [9.17, 15) is 15.0 Å². The van der Waals surface area contributed by atoms with Gasteiger partial charge in [0.1, 0.15) is 30.0 Å². The monoisotopic (exact) mass is 384 g/mol. The van der Waals surface area contributed by atoms with Gasteiger partial charge in [-0.05, 0) is 6.92 Å². The largest absolute Gasteiger partial charge is 0.388 e. The molecule has 1 aromatic carbocycles. The zero-order valence-corrected chi connectivity index (χ0v) is 15.1. The highest BCUT2D eigenvalue weighted by Crippen LogP contribution is 2.36. The van der Waals surface area contributed by atoms with Crippen molar-refractivity contribution in [2.45, 2.75) is 31.5 Å². The van der Waals surface area contributed by atoms with Crippen LogP contribution in [0.2, 0.25) is 0 Å². The van der Waals surface area contributed by atoms with Crippen molar-refractivity contribution >= 4 is 22.8 Å².